The summed E-state index contributed by atoms with van der Waals surface area (Å²) in [5, 5.41) is 0. The summed E-state index contributed by atoms with van der Waals surface area (Å²) in [5.41, 5.74) is 0. The van der Waals surface area contributed by atoms with Crippen LogP contribution in [0.4, 0.5) is 0 Å². The van der Waals surface area contributed by atoms with E-state index in [1.165, 1.54) is 4.90 Å². The van der Waals surface area contributed by atoms with Crippen LogP contribution in [0.5, 0.6) is 5.75 Å². The Kier molecular flexibility index (Phi) is 6.66. The monoisotopic (exact) mass is 396 g/mol. The Morgan fingerprint density at radius 3 is 2.33 bits per heavy atom. The molecule has 1 aromatic rings. The molecular weight excluding hydrogens is 372 g/mol. The van der Waals surface area contributed by atoms with Gasteiger partial charge in [-0.05, 0) is 43.0 Å². The summed E-state index contributed by atoms with van der Waals surface area (Å²) in [6, 6.07) is 7.39. The minimum Gasteiger partial charge on any atom is -0.480 e. The van der Waals surface area contributed by atoms with Gasteiger partial charge in [0, 0.05) is 24.6 Å². The predicted octanol–water partition coefficient (Wildman–Crippen LogP) is 2.93. The molecule has 0 aromatic heterocycles. The van der Waals surface area contributed by atoms with E-state index in [2.05, 4.69) is 15.9 Å². The average molecular weight is 397 g/mol. The number of nitrogens with zero attached hydrogens (tertiary/aromatic N) is 2. The molecule has 1 aromatic carbocycles. The summed E-state index contributed by atoms with van der Waals surface area (Å²) >= 11 is 3.38. The van der Waals surface area contributed by atoms with Gasteiger partial charge in [-0.15, -0.1) is 0 Å². The van der Waals surface area contributed by atoms with Gasteiger partial charge in [-0.3, -0.25) is 9.59 Å². The third-order valence-corrected chi connectivity index (χ3v) is 4.66. The van der Waals surface area contributed by atoms with Crippen molar-refractivity contribution in [1.29, 1.82) is 0 Å². The van der Waals surface area contributed by atoms with Gasteiger partial charge < -0.3 is 14.5 Å². The van der Waals surface area contributed by atoms with Gasteiger partial charge in [0.05, 0.1) is 6.54 Å². The third-order valence-electron chi connectivity index (χ3n) is 4.13. The number of ether oxygens (including phenoxy) is 1. The van der Waals surface area contributed by atoms with Crippen LogP contribution in [0.2, 0.25) is 0 Å². The molecule has 6 heteroatoms. The lowest BCUT2D eigenvalue weighted by molar-refractivity contribution is -0.144. The topological polar surface area (TPSA) is 49.9 Å². The molecule has 0 saturated carbocycles. The fourth-order valence-corrected chi connectivity index (χ4v) is 2.96. The van der Waals surface area contributed by atoms with Crippen molar-refractivity contribution in [2.24, 2.45) is 5.92 Å². The van der Waals surface area contributed by atoms with Crippen LogP contribution in [0.15, 0.2) is 28.7 Å². The van der Waals surface area contributed by atoms with Gasteiger partial charge in [0.1, 0.15) is 5.75 Å². The van der Waals surface area contributed by atoms with Crippen LogP contribution in [0, 0.1) is 5.92 Å². The molecule has 0 spiro atoms. The molecule has 1 heterocycles. The second-order valence-electron chi connectivity index (χ2n) is 6.52. The van der Waals surface area contributed by atoms with Crippen molar-refractivity contribution in [2.75, 3.05) is 26.7 Å². The Morgan fingerprint density at radius 2 is 1.79 bits per heavy atom. The largest absolute Gasteiger partial charge is 0.480 e. The first-order valence-electron chi connectivity index (χ1n) is 8.33. The Bertz CT molecular complexity index is 568. The molecule has 5 nitrogen and oxygen atoms in total. The number of likely N-dealkylation sites (tertiary alicyclic amines) is 1. The zero-order chi connectivity index (χ0) is 17.7. The van der Waals surface area contributed by atoms with Gasteiger partial charge in [0.15, 0.2) is 6.10 Å². The summed E-state index contributed by atoms with van der Waals surface area (Å²) in [4.78, 5) is 28.3. The van der Waals surface area contributed by atoms with Gasteiger partial charge in [-0.25, -0.2) is 0 Å². The second kappa shape index (κ2) is 8.51. The highest BCUT2D eigenvalue weighted by Gasteiger charge is 2.29. The summed E-state index contributed by atoms with van der Waals surface area (Å²) < 4.78 is 6.84. The van der Waals surface area contributed by atoms with E-state index >= 15 is 0 Å². The molecule has 0 unspecified atom stereocenters. The van der Waals surface area contributed by atoms with E-state index in [-0.39, 0.29) is 24.3 Å². The molecule has 2 amide bonds. The number of benzene rings is 1. The first-order valence-corrected chi connectivity index (χ1v) is 9.12. The molecule has 0 bridgehead atoms. The number of amides is 2. The summed E-state index contributed by atoms with van der Waals surface area (Å²) in [6.07, 6.45) is 1.48. The summed E-state index contributed by atoms with van der Waals surface area (Å²) in [5.74, 6) is 0.491. The maximum atomic E-state index is 12.7. The minimum atomic E-state index is -0.609. The predicted molar refractivity (Wildman–Crippen MR) is 96.8 cm³/mol. The van der Waals surface area contributed by atoms with Crippen molar-refractivity contribution in [1.82, 2.24) is 9.80 Å². The zero-order valence-corrected chi connectivity index (χ0v) is 16.1. The lowest BCUT2D eigenvalue weighted by Crippen LogP contribution is -2.47. The lowest BCUT2D eigenvalue weighted by atomic mass is 10.1. The summed E-state index contributed by atoms with van der Waals surface area (Å²) in [6.45, 7) is 5.58. The van der Waals surface area contributed by atoms with Crippen LogP contribution in [-0.2, 0) is 9.59 Å². The smallest absolute Gasteiger partial charge is 0.264 e. The van der Waals surface area contributed by atoms with Crippen LogP contribution in [0.25, 0.3) is 0 Å². The fourth-order valence-electron chi connectivity index (χ4n) is 2.70. The molecule has 2 rings (SSSR count). The molecular formula is C18H25BrN2O3. The number of halogens is 1. The van der Waals surface area contributed by atoms with Crippen molar-refractivity contribution in [2.45, 2.75) is 32.8 Å². The van der Waals surface area contributed by atoms with Crippen LogP contribution in [-0.4, -0.2) is 54.4 Å². The van der Waals surface area contributed by atoms with E-state index < -0.39 is 6.10 Å². The van der Waals surface area contributed by atoms with E-state index in [0.29, 0.717) is 5.75 Å². The summed E-state index contributed by atoms with van der Waals surface area (Å²) in [7, 11) is 1.66. The lowest BCUT2D eigenvalue weighted by Gasteiger charge is -2.28. The number of carbonyl (C=O) groups excluding carboxylic acids is 2. The van der Waals surface area contributed by atoms with Gasteiger partial charge in [-0.1, -0.05) is 29.8 Å². The quantitative estimate of drug-likeness (QED) is 0.742. The molecule has 24 heavy (non-hydrogen) atoms. The van der Waals surface area contributed by atoms with E-state index in [1.807, 2.05) is 43.0 Å². The van der Waals surface area contributed by atoms with E-state index in [1.54, 1.807) is 7.05 Å². The van der Waals surface area contributed by atoms with Gasteiger partial charge in [0.25, 0.3) is 5.91 Å². The Morgan fingerprint density at radius 1 is 1.21 bits per heavy atom. The molecule has 0 aliphatic carbocycles. The van der Waals surface area contributed by atoms with Crippen molar-refractivity contribution in [3.63, 3.8) is 0 Å². The number of hydrogen-bond donors (Lipinski definition) is 0. The number of rotatable bonds is 6. The Balaban J connectivity index is 1.99. The second-order valence-corrected chi connectivity index (χ2v) is 7.43. The minimum absolute atomic E-state index is 0.00508. The van der Waals surface area contributed by atoms with Gasteiger partial charge in [-0.2, -0.15) is 0 Å². The first-order chi connectivity index (χ1) is 11.4. The van der Waals surface area contributed by atoms with Crippen LogP contribution in [0.1, 0.15) is 26.7 Å². The van der Waals surface area contributed by atoms with Gasteiger partial charge >= 0.3 is 0 Å². The molecule has 0 N–H and O–H groups in total. The molecule has 1 fully saturated rings. The first kappa shape index (κ1) is 18.8. The van der Waals surface area contributed by atoms with Crippen molar-refractivity contribution >= 4 is 27.7 Å². The highest BCUT2D eigenvalue weighted by molar-refractivity contribution is 9.10. The maximum absolute atomic E-state index is 12.7. The van der Waals surface area contributed by atoms with E-state index in [4.69, 9.17) is 4.74 Å². The normalized spacial score (nSPS) is 15.5. The standard InChI is InChI=1S/C18H25BrN2O3/c1-13(2)17(24-15-8-6-14(19)7-9-15)18(23)20(3)12-16(22)21-10-4-5-11-21/h6-9,13,17H,4-5,10-12H2,1-3H3/t17-/m1/s1. The van der Waals surface area contributed by atoms with Crippen LogP contribution in [0.3, 0.4) is 0 Å². The SMILES string of the molecule is CC(C)[C@@H](Oc1ccc(Br)cc1)C(=O)N(C)CC(=O)N1CCCC1. The molecule has 1 aliphatic rings. The molecule has 0 radical (unpaired) electrons. The fraction of sp³-hybridized carbons (Fsp3) is 0.556. The molecule has 1 saturated heterocycles. The van der Waals surface area contributed by atoms with Crippen LogP contribution < -0.4 is 4.74 Å². The zero-order valence-electron chi connectivity index (χ0n) is 14.5. The number of likely N-dealkylation sites (N-methyl/N-ethyl adjacent to an activating group) is 1. The number of carbonyl (C=O) groups is 2. The Hall–Kier alpha value is -1.56. The highest BCUT2D eigenvalue weighted by atomic mass is 79.9. The van der Waals surface area contributed by atoms with Crippen molar-refractivity contribution in [3.8, 4) is 5.75 Å². The average Bonchev–Trinajstić information content (AvgIpc) is 3.07. The third kappa shape index (κ3) is 4.97. The molecule has 1 aliphatic heterocycles. The molecule has 1 atom stereocenters. The van der Waals surface area contributed by atoms with Crippen LogP contribution >= 0.6 is 15.9 Å². The van der Waals surface area contributed by atoms with Crippen molar-refractivity contribution < 1.29 is 14.3 Å². The van der Waals surface area contributed by atoms with E-state index in [0.717, 1.165) is 30.4 Å². The Labute approximate surface area is 152 Å². The highest BCUT2D eigenvalue weighted by Crippen LogP contribution is 2.20. The number of hydrogen-bond acceptors (Lipinski definition) is 3. The van der Waals surface area contributed by atoms with E-state index in [9.17, 15) is 9.59 Å². The van der Waals surface area contributed by atoms with Crippen molar-refractivity contribution in [3.05, 3.63) is 28.7 Å². The van der Waals surface area contributed by atoms with Gasteiger partial charge in [0.2, 0.25) is 5.91 Å². The molecule has 132 valence electrons. The maximum Gasteiger partial charge on any atom is 0.264 e.